The van der Waals surface area contributed by atoms with Crippen molar-refractivity contribution < 1.29 is 0 Å². The summed E-state index contributed by atoms with van der Waals surface area (Å²) < 4.78 is 0.634. The molecule has 0 aromatic heterocycles. The monoisotopic (exact) mass is 254 g/mol. The molecule has 1 aliphatic heterocycles. The lowest BCUT2D eigenvalue weighted by Gasteiger charge is -2.35. The molecule has 0 amide bonds. The highest BCUT2D eigenvalue weighted by Gasteiger charge is 2.47. The Balaban J connectivity index is 1.63. The Morgan fingerprint density at radius 3 is 2.71 bits per heavy atom. The van der Waals surface area contributed by atoms with Crippen LogP contribution in [0.25, 0.3) is 0 Å². The molecule has 1 unspecified atom stereocenters. The maximum Gasteiger partial charge on any atom is 0.0308 e. The molecule has 3 rings (SSSR count). The summed E-state index contributed by atoms with van der Waals surface area (Å²) in [4.78, 5) is 2.75. The zero-order valence-corrected chi connectivity index (χ0v) is 12.1. The molecule has 3 aliphatic rings. The van der Waals surface area contributed by atoms with Crippen LogP contribution in [-0.4, -0.2) is 47.6 Å². The van der Waals surface area contributed by atoms with E-state index < -0.39 is 0 Å². The second-order valence-electron chi connectivity index (χ2n) is 6.57. The van der Waals surface area contributed by atoms with Crippen LogP contribution in [0.5, 0.6) is 0 Å². The van der Waals surface area contributed by atoms with Crippen LogP contribution < -0.4 is 5.32 Å². The molecule has 1 N–H and O–H groups in total. The number of hydrogen-bond acceptors (Lipinski definition) is 3. The fraction of sp³-hybridized carbons (Fsp3) is 1.00. The van der Waals surface area contributed by atoms with E-state index in [4.69, 9.17) is 0 Å². The largest absolute Gasteiger partial charge is 0.310 e. The summed E-state index contributed by atoms with van der Waals surface area (Å²) in [5.41, 5.74) is 0.408. The van der Waals surface area contributed by atoms with Crippen molar-refractivity contribution in [3.63, 3.8) is 0 Å². The van der Waals surface area contributed by atoms with Gasteiger partial charge in [0.25, 0.3) is 0 Å². The molecule has 1 atom stereocenters. The molecular weight excluding hydrogens is 228 g/mol. The average Bonchev–Trinajstić information content (AvgIpc) is 3.17. The first-order valence-corrected chi connectivity index (χ1v) is 8.41. The van der Waals surface area contributed by atoms with Crippen molar-refractivity contribution in [3.05, 3.63) is 0 Å². The molecule has 2 nitrogen and oxygen atoms in total. The van der Waals surface area contributed by atoms with Gasteiger partial charge in [0.2, 0.25) is 0 Å². The first-order chi connectivity index (χ1) is 8.16. The fourth-order valence-corrected chi connectivity index (χ4v) is 4.20. The second kappa shape index (κ2) is 4.43. The van der Waals surface area contributed by atoms with Crippen molar-refractivity contribution in [3.8, 4) is 0 Å². The minimum Gasteiger partial charge on any atom is -0.310 e. The van der Waals surface area contributed by atoms with Crippen LogP contribution in [0.1, 0.15) is 39.0 Å². The van der Waals surface area contributed by atoms with Gasteiger partial charge < -0.3 is 10.2 Å². The molecule has 3 fully saturated rings. The van der Waals surface area contributed by atoms with Gasteiger partial charge in [-0.25, -0.2) is 0 Å². The molecule has 3 heteroatoms. The van der Waals surface area contributed by atoms with E-state index in [9.17, 15) is 0 Å². The van der Waals surface area contributed by atoms with Gasteiger partial charge in [-0.05, 0) is 64.3 Å². The second-order valence-corrected chi connectivity index (χ2v) is 7.84. The van der Waals surface area contributed by atoms with Gasteiger partial charge in [-0.1, -0.05) is 0 Å². The summed E-state index contributed by atoms with van der Waals surface area (Å²) in [6.45, 7) is 7.59. The Morgan fingerprint density at radius 2 is 2.12 bits per heavy atom. The Morgan fingerprint density at radius 1 is 1.35 bits per heavy atom. The van der Waals surface area contributed by atoms with Gasteiger partial charge in [-0.3, -0.25) is 0 Å². The maximum absolute atomic E-state index is 3.83. The molecular formula is C14H26N2S. The van der Waals surface area contributed by atoms with E-state index in [1.165, 1.54) is 58.3 Å². The van der Waals surface area contributed by atoms with E-state index in [-0.39, 0.29) is 0 Å². The SMILES string of the molecule is CSC1(CN2CCCNC(C)(C3CC3)C2)CC1. The van der Waals surface area contributed by atoms with Crippen LogP contribution in [0.3, 0.4) is 0 Å². The molecule has 2 saturated carbocycles. The van der Waals surface area contributed by atoms with E-state index in [0.29, 0.717) is 10.3 Å². The molecule has 98 valence electrons. The van der Waals surface area contributed by atoms with Crippen molar-refractivity contribution >= 4 is 11.8 Å². The predicted octanol–water partition coefficient (Wildman–Crippen LogP) is 2.35. The molecule has 0 bridgehead atoms. The third kappa shape index (κ3) is 2.66. The van der Waals surface area contributed by atoms with Crippen LogP contribution in [0, 0.1) is 5.92 Å². The van der Waals surface area contributed by atoms with Gasteiger partial charge in [-0.2, -0.15) is 11.8 Å². The van der Waals surface area contributed by atoms with E-state index in [1.54, 1.807) is 0 Å². The lowest BCUT2D eigenvalue weighted by molar-refractivity contribution is 0.199. The van der Waals surface area contributed by atoms with Crippen molar-refractivity contribution in [2.24, 2.45) is 5.92 Å². The summed E-state index contributed by atoms with van der Waals surface area (Å²) in [5.74, 6) is 0.951. The van der Waals surface area contributed by atoms with Crippen molar-refractivity contribution in [1.29, 1.82) is 0 Å². The molecule has 0 aromatic rings. The van der Waals surface area contributed by atoms with E-state index >= 15 is 0 Å². The normalized spacial score (nSPS) is 37.8. The first-order valence-electron chi connectivity index (χ1n) is 7.18. The van der Waals surface area contributed by atoms with Gasteiger partial charge in [0.05, 0.1) is 0 Å². The zero-order valence-electron chi connectivity index (χ0n) is 11.3. The smallest absolute Gasteiger partial charge is 0.0308 e. The van der Waals surface area contributed by atoms with Crippen LogP contribution >= 0.6 is 11.8 Å². The van der Waals surface area contributed by atoms with Gasteiger partial charge >= 0.3 is 0 Å². The minimum absolute atomic E-state index is 0.408. The quantitative estimate of drug-likeness (QED) is 0.829. The van der Waals surface area contributed by atoms with Crippen LogP contribution in [0.15, 0.2) is 0 Å². The fourth-order valence-electron chi connectivity index (χ4n) is 3.38. The minimum atomic E-state index is 0.408. The number of nitrogens with zero attached hydrogens (tertiary/aromatic N) is 1. The highest BCUT2D eigenvalue weighted by Crippen LogP contribution is 2.48. The third-order valence-corrected chi connectivity index (χ3v) is 6.37. The van der Waals surface area contributed by atoms with Crippen LogP contribution in [-0.2, 0) is 0 Å². The Hall–Kier alpha value is 0.270. The third-order valence-electron chi connectivity index (χ3n) is 4.96. The summed E-state index contributed by atoms with van der Waals surface area (Å²) in [6, 6.07) is 0. The maximum atomic E-state index is 3.83. The summed E-state index contributed by atoms with van der Waals surface area (Å²) in [5, 5.41) is 3.83. The number of thioether (sulfide) groups is 1. The Bertz CT molecular complexity index is 286. The Kier molecular flexibility index (Phi) is 3.21. The van der Waals surface area contributed by atoms with Crippen LogP contribution in [0.2, 0.25) is 0 Å². The van der Waals surface area contributed by atoms with Gasteiger partial charge in [0.15, 0.2) is 0 Å². The highest BCUT2D eigenvalue weighted by atomic mass is 32.2. The topological polar surface area (TPSA) is 15.3 Å². The Labute approximate surface area is 110 Å². The highest BCUT2D eigenvalue weighted by molar-refractivity contribution is 8.00. The predicted molar refractivity (Wildman–Crippen MR) is 75.7 cm³/mol. The lowest BCUT2D eigenvalue weighted by atomic mass is 9.95. The van der Waals surface area contributed by atoms with Gasteiger partial charge in [0, 0.05) is 23.4 Å². The average molecular weight is 254 g/mol. The summed E-state index contributed by atoms with van der Waals surface area (Å²) in [6.07, 6.45) is 9.41. The van der Waals surface area contributed by atoms with Gasteiger partial charge in [0.1, 0.15) is 0 Å². The molecule has 2 aliphatic carbocycles. The van der Waals surface area contributed by atoms with Crippen molar-refractivity contribution in [2.75, 3.05) is 32.4 Å². The number of hydrogen-bond donors (Lipinski definition) is 1. The van der Waals surface area contributed by atoms with E-state index in [0.717, 1.165) is 5.92 Å². The lowest BCUT2D eigenvalue weighted by Crippen LogP contribution is -2.51. The molecule has 1 saturated heterocycles. The molecule has 0 spiro atoms. The first kappa shape index (κ1) is 12.3. The summed E-state index contributed by atoms with van der Waals surface area (Å²) in [7, 11) is 0. The molecule has 0 radical (unpaired) electrons. The van der Waals surface area contributed by atoms with Crippen molar-refractivity contribution in [2.45, 2.75) is 49.3 Å². The number of nitrogens with one attached hydrogen (secondary N) is 1. The molecule has 1 heterocycles. The number of rotatable bonds is 4. The zero-order chi connectivity index (χ0) is 11.9. The van der Waals surface area contributed by atoms with Gasteiger partial charge in [-0.15, -0.1) is 0 Å². The van der Waals surface area contributed by atoms with E-state index in [1.807, 2.05) is 0 Å². The molecule has 0 aromatic carbocycles. The van der Waals surface area contributed by atoms with E-state index in [2.05, 4.69) is 35.2 Å². The standard InChI is InChI=1S/C14H26N2S/c1-13(12-4-5-12)10-16(9-3-8-15-13)11-14(17-2)6-7-14/h12,15H,3-11H2,1-2H3. The molecule has 17 heavy (non-hydrogen) atoms. The summed E-state index contributed by atoms with van der Waals surface area (Å²) >= 11 is 2.10. The van der Waals surface area contributed by atoms with Crippen LogP contribution in [0.4, 0.5) is 0 Å². The van der Waals surface area contributed by atoms with Crippen molar-refractivity contribution in [1.82, 2.24) is 10.2 Å².